The van der Waals surface area contributed by atoms with E-state index in [9.17, 15) is 4.79 Å². The predicted molar refractivity (Wildman–Crippen MR) is 86.5 cm³/mol. The summed E-state index contributed by atoms with van der Waals surface area (Å²) in [6, 6.07) is 10.6. The molecule has 0 amide bonds. The van der Waals surface area contributed by atoms with Crippen LogP contribution in [0.15, 0.2) is 48.8 Å². The highest BCUT2D eigenvalue weighted by molar-refractivity contribution is 7.80. The summed E-state index contributed by atoms with van der Waals surface area (Å²) >= 11 is 5.21. The highest BCUT2D eigenvalue weighted by atomic mass is 32.1. The smallest absolute Gasteiger partial charge is 0.338 e. The van der Waals surface area contributed by atoms with E-state index in [0.29, 0.717) is 17.3 Å². The molecule has 0 unspecified atom stereocenters. The second-order valence-electron chi connectivity index (χ2n) is 4.11. The second-order valence-corrected chi connectivity index (χ2v) is 4.52. The van der Waals surface area contributed by atoms with Gasteiger partial charge in [-0.15, -0.1) is 0 Å². The largest absolute Gasteiger partial charge is 0.462 e. The minimum atomic E-state index is -0.332. The van der Waals surface area contributed by atoms with E-state index in [-0.39, 0.29) is 5.97 Å². The molecule has 2 N–H and O–H groups in total. The molecule has 2 rings (SSSR count). The van der Waals surface area contributed by atoms with Gasteiger partial charge in [0.05, 0.1) is 12.2 Å². The van der Waals surface area contributed by atoms with Crippen LogP contribution in [0.2, 0.25) is 0 Å². The van der Waals surface area contributed by atoms with Gasteiger partial charge in [-0.05, 0) is 55.5 Å². The molecule has 0 saturated carbocycles. The summed E-state index contributed by atoms with van der Waals surface area (Å²) < 4.78 is 4.92. The molecule has 108 valence electrons. The Morgan fingerprint density at radius 2 is 1.67 bits per heavy atom. The number of aromatic nitrogens is 1. The Morgan fingerprint density at radius 3 is 2.24 bits per heavy atom. The van der Waals surface area contributed by atoms with E-state index in [2.05, 4.69) is 15.6 Å². The third kappa shape index (κ3) is 4.54. The van der Waals surface area contributed by atoms with Crippen molar-refractivity contribution in [3.8, 4) is 0 Å². The van der Waals surface area contributed by atoms with Gasteiger partial charge in [-0.1, -0.05) is 0 Å². The molecule has 0 aliphatic carbocycles. The van der Waals surface area contributed by atoms with E-state index in [0.717, 1.165) is 11.4 Å². The Labute approximate surface area is 128 Å². The van der Waals surface area contributed by atoms with Crippen molar-refractivity contribution in [2.24, 2.45) is 0 Å². The zero-order valence-electron chi connectivity index (χ0n) is 11.5. The van der Waals surface area contributed by atoms with Crippen LogP contribution in [0.25, 0.3) is 0 Å². The molecule has 1 aromatic heterocycles. The van der Waals surface area contributed by atoms with Crippen molar-refractivity contribution in [1.29, 1.82) is 0 Å². The van der Waals surface area contributed by atoms with Gasteiger partial charge in [-0.2, -0.15) is 0 Å². The Hall–Kier alpha value is -2.47. The Bertz CT molecular complexity index is 615. The van der Waals surface area contributed by atoms with Crippen LogP contribution in [0, 0.1) is 0 Å². The number of hydrogen-bond acceptors (Lipinski definition) is 4. The van der Waals surface area contributed by atoms with Gasteiger partial charge < -0.3 is 15.4 Å². The molecule has 0 radical (unpaired) electrons. The topological polar surface area (TPSA) is 63.2 Å². The lowest BCUT2D eigenvalue weighted by molar-refractivity contribution is 0.0526. The number of carbonyl (C=O) groups excluding carboxylic acids is 1. The molecule has 0 bridgehead atoms. The number of anilines is 2. The molecule has 1 heterocycles. The predicted octanol–water partition coefficient (Wildman–Crippen LogP) is 3.07. The summed E-state index contributed by atoms with van der Waals surface area (Å²) in [6.07, 6.45) is 3.36. The van der Waals surface area contributed by atoms with Crippen LogP contribution in [0.3, 0.4) is 0 Å². The highest BCUT2D eigenvalue weighted by Crippen LogP contribution is 2.12. The van der Waals surface area contributed by atoms with Gasteiger partial charge in [0.25, 0.3) is 0 Å². The second kappa shape index (κ2) is 7.35. The molecule has 0 fully saturated rings. The Morgan fingerprint density at radius 1 is 1.10 bits per heavy atom. The number of pyridine rings is 1. The van der Waals surface area contributed by atoms with Gasteiger partial charge in [0.1, 0.15) is 0 Å². The van der Waals surface area contributed by atoms with Crippen molar-refractivity contribution in [1.82, 2.24) is 4.98 Å². The fourth-order valence-electron chi connectivity index (χ4n) is 1.63. The van der Waals surface area contributed by atoms with Gasteiger partial charge in [0, 0.05) is 23.8 Å². The zero-order valence-corrected chi connectivity index (χ0v) is 12.3. The Kier molecular flexibility index (Phi) is 5.22. The van der Waals surface area contributed by atoms with Crippen LogP contribution in [0.5, 0.6) is 0 Å². The van der Waals surface area contributed by atoms with Gasteiger partial charge in [-0.25, -0.2) is 4.79 Å². The number of hydrogen-bond donors (Lipinski definition) is 2. The van der Waals surface area contributed by atoms with Crippen molar-refractivity contribution in [3.63, 3.8) is 0 Å². The molecule has 0 atom stereocenters. The zero-order chi connectivity index (χ0) is 15.1. The number of esters is 1. The quantitative estimate of drug-likeness (QED) is 0.668. The van der Waals surface area contributed by atoms with Gasteiger partial charge >= 0.3 is 5.97 Å². The first-order valence-corrected chi connectivity index (χ1v) is 6.85. The normalized spacial score (nSPS) is 9.76. The van der Waals surface area contributed by atoms with E-state index in [4.69, 9.17) is 17.0 Å². The number of nitrogens with one attached hydrogen (secondary N) is 2. The third-order valence-electron chi connectivity index (χ3n) is 2.59. The van der Waals surface area contributed by atoms with E-state index >= 15 is 0 Å². The van der Waals surface area contributed by atoms with Crippen LogP contribution < -0.4 is 10.6 Å². The van der Waals surface area contributed by atoms with E-state index in [1.165, 1.54) is 0 Å². The standard InChI is InChI=1S/C15H15N3O2S/c1-2-20-14(19)11-3-5-12(6-4-11)17-15(21)18-13-7-9-16-10-8-13/h3-10H,2H2,1H3,(H2,16,17,18,21). The van der Waals surface area contributed by atoms with Crippen LogP contribution >= 0.6 is 12.2 Å². The first-order valence-electron chi connectivity index (χ1n) is 6.44. The molecule has 0 spiro atoms. The lowest BCUT2D eigenvalue weighted by Gasteiger charge is -2.10. The minimum Gasteiger partial charge on any atom is -0.462 e. The molecule has 6 heteroatoms. The van der Waals surface area contributed by atoms with Crippen LogP contribution in [-0.4, -0.2) is 22.7 Å². The van der Waals surface area contributed by atoms with Crippen molar-refractivity contribution in [3.05, 3.63) is 54.4 Å². The number of benzene rings is 1. The fraction of sp³-hybridized carbons (Fsp3) is 0.133. The third-order valence-corrected chi connectivity index (χ3v) is 2.80. The number of rotatable bonds is 4. The maximum absolute atomic E-state index is 11.5. The minimum absolute atomic E-state index is 0.332. The van der Waals surface area contributed by atoms with Crippen molar-refractivity contribution >= 4 is 34.7 Å². The number of carbonyl (C=O) groups is 1. The van der Waals surface area contributed by atoms with E-state index < -0.39 is 0 Å². The SMILES string of the molecule is CCOC(=O)c1ccc(NC(=S)Nc2ccncc2)cc1. The number of thiocarbonyl (C=S) groups is 1. The maximum Gasteiger partial charge on any atom is 0.338 e. The van der Waals surface area contributed by atoms with Crippen molar-refractivity contribution < 1.29 is 9.53 Å². The first-order chi connectivity index (χ1) is 10.2. The maximum atomic E-state index is 11.5. The number of ether oxygens (including phenoxy) is 1. The van der Waals surface area contributed by atoms with Gasteiger partial charge in [0.15, 0.2) is 5.11 Å². The van der Waals surface area contributed by atoms with E-state index in [1.807, 2.05) is 12.1 Å². The monoisotopic (exact) mass is 301 g/mol. The number of nitrogens with zero attached hydrogens (tertiary/aromatic N) is 1. The van der Waals surface area contributed by atoms with Gasteiger partial charge in [0.2, 0.25) is 0 Å². The fourth-order valence-corrected chi connectivity index (χ4v) is 1.87. The first kappa shape index (κ1) is 14.9. The Balaban J connectivity index is 1.94. The average Bonchev–Trinajstić information content (AvgIpc) is 2.49. The van der Waals surface area contributed by atoms with E-state index in [1.54, 1.807) is 43.6 Å². The summed E-state index contributed by atoms with van der Waals surface area (Å²) in [5.74, 6) is -0.332. The molecule has 5 nitrogen and oxygen atoms in total. The summed E-state index contributed by atoms with van der Waals surface area (Å²) in [5.41, 5.74) is 2.15. The van der Waals surface area contributed by atoms with Crippen LogP contribution in [0.1, 0.15) is 17.3 Å². The van der Waals surface area contributed by atoms with Crippen LogP contribution in [-0.2, 0) is 4.74 Å². The molecule has 0 aliphatic heterocycles. The molecule has 0 saturated heterocycles. The summed E-state index contributed by atoms with van der Waals surface area (Å²) in [6.45, 7) is 2.13. The van der Waals surface area contributed by atoms with Gasteiger partial charge in [-0.3, -0.25) is 4.98 Å². The van der Waals surface area contributed by atoms with Crippen molar-refractivity contribution in [2.45, 2.75) is 6.92 Å². The average molecular weight is 301 g/mol. The lowest BCUT2D eigenvalue weighted by atomic mass is 10.2. The molecular formula is C15H15N3O2S. The summed E-state index contributed by atoms with van der Waals surface area (Å²) in [5, 5.41) is 6.54. The molecule has 21 heavy (non-hydrogen) atoms. The lowest BCUT2D eigenvalue weighted by Crippen LogP contribution is -2.19. The molecule has 2 aromatic rings. The highest BCUT2D eigenvalue weighted by Gasteiger charge is 2.06. The van der Waals surface area contributed by atoms with Crippen molar-refractivity contribution in [2.75, 3.05) is 17.2 Å². The van der Waals surface area contributed by atoms with Crippen LogP contribution in [0.4, 0.5) is 11.4 Å². The summed E-state index contributed by atoms with van der Waals surface area (Å²) in [4.78, 5) is 15.5. The summed E-state index contributed by atoms with van der Waals surface area (Å²) in [7, 11) is 0. The molecular weight excluding hydrogens is 286 g/mol. The molecule has 1 aromatic carbocycles. The molecule has 0 aliphatic rings.